The number of rotatable bonds is 0. The minimum Gasteiger partial charge on any atom is -0.377 e. The normalized spacial score (nSPS) is 16.0. The molecule has 0 saturated heterocycles. The van der Waals surface area contributed by atoms with Crippen molar-refractivity contribution in [2.24, 2.45) is 5.73 Å². The molecule has 1 aliphatic heterocycles. The van der Waals surface area contributed by atoms with Crippen molar-refractivity contribution >= 4 is 0 Å². The SMILES string of the molecule is CCN.CN1CCCC2=C1CC=CC=C2.c1ccccc1. The molecule has 0 radical (unpaired) electrons. The van der Waals surface area contributed by atoms with Gasteiger partial charge in [-0.1, -0.05) is 67.6 Å². The topological polar surface area (TPSA) is 29.3 Å². The minimum absolute atomic E-state index is 0.750. The molecule has 0 atom stereocenters. The third-order valence-corrected chi connectivity index (χ3v) is 3.29. The molecule has 0 saturated carbocycles. The summed E-state index contributed by atoms with van der Waals surface area (Å²) in [5.74, 6) is 0. The van der Waals surface area contributed by atoms with Crippen molar-refractivity contribution in [2.75, 3.05) is 20.1 Å². The predicted molar refractivity (Wildman–Crippen MR) is 93.0 cm³/mol. The lowest BCUT2D eigenvalue weighted by molar-refractivity contribution is 0.375. The van der Waals surface area contributed by atoms with Crippen LogP contribution in [-0.4, -0.2) is 25.0 Å². The Hall–Kier alpha value is -1.80. The first kappa shape index (κ1) is 17.3. The maximum atomic E-state index is 4.85. The Labute approximate surface area is 129 Å². The Morgan fingerprint density at radius 1 is 1.05 bits per heavy atom. The molecule has 0 aromatic heterocycles. The molecule has 1 aromatic carbocycles. The van der Waals surface area contributed by atoms with E-state index in [-0.39, 0.29) is 0 Å². The molecule has 1 aromatic rings. The van der Waals surface area contributed by atoms with Crippen molar-refractivity contribution < 1.29 is 0 Å². The zero-order chi connectivity index (χ0) is 15.3. The van der Waals surface area contributed by atoms with Crippen molar-refractivity contribution in [1.82, 2.24) is 4.90 Å². The molecule has 2 heteroatoms. The lowest BCUT2D eigenvalue weighted by atomic mass is 10.0. The number of benzene rings is 1. The van der Waals surface area contributed by atoms with Crippen molar-refractivity contribution in [2.45, 2.75) is 26.2 Å². The predicted octanol–water partition coefficient (Wildman–Crippen LogP) is 4.13. The molecule has 1 aliphatic carbocycles. The van der Waals surface area contributed by atoms with Crippen LogP contribution in [0.25, 0.3) is 0 Å². The summed E-state index contributed by atoms with van der Waals surface area (Å²) in [6.07, 6.45) is 12.5. The van der Waals surface area contributed by atoms with Gasteiger partial charge >= 0.3 is 0 Å². The highest BCUT2D eigenvalue weighted by atomic mass is 15.1. The van der Waals surface area contributed by atoms with Crippen LogP contribution in [0.15, 0.2) is 72.0 Å². The lowest BCUT2D eigenvalue weighted by Crippen LogP contribution is -2.24. The number of allylic oxidation sites excluding steroid dienone is 5. The van der Waals surface area contributed by atoms with E-state index in [9.17, 15) is 0 Å². The van der Waals surface area contributed by atoms with Gasteiger partial charge in [0.2, 0.25) is 0 Å². The van der Waals surface area contributed by atoms with Crippen LogP contribution in [0, 0.1) is 0 Å². The number of hydrogen-bond acceptors (Lipinski definition) is 2. The van der Waals surface area contributed by atoms with E-state index in [4.69, 9.17) is 5.73 Å². The largest absolute Gasteiger partial charge is 0.377 e. The number of nitrogens with zero attached hydrogens (tertiary/aromatic N) is 1. The fourth-order valence-corrected chi connectivity index (χ4v) is 2.31. The second-order valence-electron chi connectivity index (χ2n) is 5.05. The smallest absolute Gasteiger partial charge is 0.0201 e. The second-order valence-corrected chi connectivity index (χ2v) is 5.05. The zero-order valence-electron chi connectivity index (χ0n) is 13.3. The molecule has 3 rings (SSSR count). The first-order chi connectivity index (χ1) is 10.3. The van der Waals surface area contributed by atoms with Crippen LogP contribution in [0.5, 0.6) is 0 Å². The van der Waals surface area contributed by atoms with Crippen LogP contribution in [0.1, 0.15) is 26.2 Å². The molecule has 2 nitrogen and oxygen atoms in total. The van der Waals surface area contributed by atoms with Crippen LogP contribution < -0.4 is 5.73 Å². The molecule has 2 N–H and O–H groups in total. The van der Waals surface area contributed by atoms with Gasteiger partial charge in [0.25, 0.3) is 0 Å². The standard InChI is InChI=1S/C11H15N.C6H6.C2H7N/c1-12-9-5-7-10-6-3-2-4-8-11(10)12;1-2-4-6-5-3-1;1-2-3/h2-4,6H,5,7-9H2,1H3;1-6H;2-3H2,1H3. The number of nitrogens with two attached hydrogens (primary N) is 1. The third-order valence-electron chi connectivity index (χ3n) is 3.29. The first-order valence-electron chi connectivity index (χ1n) is 7.76. The van der Waals surface area contributed by atoms with Gasteiger partial charge in [-0.05, 0) is 25.0 Å². The van der Waals surface area contributed by atoms with E-state index in [1.807, 2.05) is 43.3 Å². The van der Waals surface area contributed by atoms with Crippen LogP contribution in [0.4, 0.5) is 0 Å². The molecule has 1 heterocycles. The average molecular weight is 284 g/mol. The van der Waals surface area contributed by atoms with Gasteiger partial charge in [0.05, 0.1) is 0 Å². The minimum atomic E-state index is 0.750. The fraction of sp³-hybridized carbons (Fsp3) is 0.368. The van der Waals surface area contributed by atoms with E-state index in [1.165, 1.54) is 30.7 Å². The number of hydrogen-bond donors (Lipinski definition) is 1. The summed E-state index contributed by atoms with van der Waals surface area (Å²) < 4.78 is 0. The molecule has 0 fully saturated rings. The van der Waals surface area contributed by atoms with Gasteiger partial charge in [0.15, 0.2) is 0 Å². The van der Waals surface area contributed by atoms with E-state index in [0.717, 1.165) is 13.0 Å². The molecule has 0 amide bonds. The molecule has 0 unspecified atom stereocenters. The van der Waals surface area contributed by atoms with Crippen LogP contribution in [0.3, 0.4) is 0 Å². The quantitative estimate of drug-likeness (QED) is 0.776. The Morgan fingerprint density at radius 3 is 2.19 bits per heavy atom. The van der Waals surface area contributed by atoms with Crippen molar-refractivity contribution in [3.8, 4) is 0 Å². The average Bonchev–Trinajstić information content (AvgIpc) is 2.77. The van der Waals surface area contributed by atoms with Gasteiger partial charge in [-0.2, -0.15) is 0 Å². The van der Waals surface area contributed by atoms with Gasteiger partial charge < -0.3 is 10.6 Å². The molecular formula is C19H28N2. The fourth-order valence-electron chi connectivity index (χ4n) is 2.31. The Morgan fingerprint density at radius 2 is 1.62 bits per heavy atom. The highest BCUT2D eigenvalue weighted by Crippen LogP contribution is 2.25. The summed E-state index contributed by atoms with van der Waals surface area (Å²) in [5, 5.41) is 0. The molecule has 21 heavy (non-hydrogen) atoms. The summed E-state index contributed by atoms with van der Waals surface area (Å²) in [6, 6.07) is 12.0. The molecule has 2 aliphatic rings. The third kappa shape index (κ3) is 6.96. The van der Waals surface area contributed by atoms with Gasteiger partial charge in [0, 0.05) is 25.7 Å². The summed E-state index contributed by atoms with van der Waals surface area (Å²) in [6.45, 7) is 3.88. The van der Waals surface area contributed by atoms with Crippen LogP contribution in [-0.2, 0) is 0 Å². The highest BCUT2D eigenvalue weighted by Gasteiger charge is 2.14. The zero-order valence-corrected chi connectivity index (χ0v) is 13.3. The van der Waals surface area contributed by atoms with Crippen molar-refractivity contribution in [3.05, 3.63) is 72.0 Å². The van der Waals surface area contributed by atoms with E-state index in [1.54, 1.807) is 0 Å². The lowest BCUT2D eigenvalue weighted by Gasteiger charge is -2.28. The van der Waals surface area contributed by atoms with E-state index < -0.39 is 0 Å². The Kier molecular flexibility index (Phi) is 8.98. The van der Waals surface area contributed by atoms with Crippen LogP contribution in [0.2, 0.25) is 0 Å². The summed E-state index contributed by atoms with van der Waals surface area (Å²) in [5.41, 5.74) is 7.90. The highest BCUT2D eigenvalue weighted by molar-refractivity contribution is 5.33. The summed E-state index contributed by atoms with van der Waals surface area (Å²) in [4.78, 5) is 2.39. The van der Waals surface area contributed by atoms with E-state index >= 15 is 0 Å². The van der Waals surface area contributed by atoms with Gasteiger partial charge in [-0.15, -0.1) is 0 Å². The van der Waals surface area contributed by atoms with Crippen molar-refractivity contribution in [1.29, 1.82) is 0 Å². The Bertz CT molecular complexity index is 431. The van der Waals surface area contributed by atoms with Gasteiger partial charge in [-0.25, -0.2) is 0 Å². The van der Waals surface area contributed by atoms with Gasteiger partial charge in [-0.3, -0.25) is 0 Å². The van der Waals surface area contributed by atoms with E-state index in [2.05, 4.69) is 36.3 Å². The summed E-state index contributed by atoms with van der Waals surface area (Å²) in [7, 11) is 2.20. The summed E-state index contributed by atoms with van der Waals surface area (Å²) >= 11 is 0. The maximum Gasteiger partial charge on any atom is 0.0201 e. The van der Waals surface area contributed by atoms with Crippen LogP contribution >= 0.6 is 0 Å². The maximum absolute atomic E-state index is 4.85. The monoisotopic (exact) mass is 284 g/mol. The molecule has 0 spiro atoms. The first-order valence-corrected chi connectivity index (χ1v) is 7.76. The molecule has 0 bridgehead atoms. The Balaban J connectivity index is 0.000000205. The second kappa shape index (κ2) is 10.9. The van der Waals surface area contributed by atoms with E-state index in [0.29, 0.717) is 0 Å². The van der Waals surface area contributed by atoms with Crippen molar-refractivity contribution in [3.63, 3.8) is 0 Å². The molecular weight excluding hydrogens is 256 g/mol. The molecule has 114 valence electrons. The van der Waals surface area contributed by atoms with Gasteiger partial charge in [0.1, 0.15) is 0 Å².